The van der Waals surface area contributed by atoms with Crippen molar-refractivity contribution in [3.63, 3.8) is 0 Å². The fourth-order valence-electron chi connectivity index (χ4n) is 2.92. The second-order valence-electron chi connectivity index (χ2n) is 6.81. The third-order valence-corrected chi connectivity index (χ3v) is 5.48. The van der Waals surface area contributed by atoms with Crippen LogP contribution >= 0.6 is 11.8 Å². The molecule has 1 aromatic heterocycles. The second kappa shape index (κ2) is 8.06. The van der Waals surface area contributed by atoms with E-state index in [0.29, 0.717) is 22.8 Å². The highest BCUT2D eigenvalue weighted by atomic mass is 32.2. The Labute approximate surface area is 168 Å². The van der Waals surface area contributed by atoms with Crippen molar-refractivity contribution in [2.45, 2.75) is 31.0 Å². The van der Waals surface area contributed by atoms with Crippen molar-refractivity contribution in [2.24, 2.45) is 0 Å². The van der Waals surface area contributed by atoms with Crippen LogP contribution in [0.3, 0.4) is 0 Å². The lowest BCUT2D eigenvalue weighted by molar-refractivity contribution is -0.118. The summed E-state index contributed by atoms with van der Waals surface area (Å²) >= 11 is 1.39. The number of benzene rings is 2. The highest BCUT2D eigenvalue weighted by Crippen LogP contribution is 2.33. The van der Waals surface area contributed by atoms with Gasteiger partial charge in [0, 0.05) is 11.7 Å². The number of methoxy groups -OCH3 is 1. The standard InChI is InChI=1S/C21H22N4O2S/c1-14-7-11-16(12-8-14)25-20(17-5-3-4-6-18(17)27-2)23-24-21(25)28-13-19(26)22-15-9-10-15/h3-8,11-12,15H,9-10,13H2,1-2H3,(H,22,26). The molecule has 0 atom stereocenters. The Morgan fingerprint density at radius 1 is 1.18 bits per heavy atom. The zero-order valence-corrected chi connectivity index (χ0v) is 16.7. The number of amides is 1. The Bertz CT molecular complexity index is 980. The Balaban J connectivity index is 1.70. The molecule has 0 radical (unpaired) electrons. The molecule has 1 aliphatic rings. The second-order valence-corrected chi connectivity index (χ2v) is 7.75. The highest BCUT2D eigenvalue weighted by Gasteiger charge is 2.24. The molecular formula is C21H22N4O2S. The topological polar surface area (TPSA) is 69.0 Å². The van der Waals surface area contributed by atoms with Crippen LogP contribution in [0.25, 0.3) is 17.1 Å². The summed E-state index contributed by atoms with van der Waals surface area (Å²) in [4.78, 5) is 12.1. The summed E-state index contributed by atoms with van der Waals surface area (Å²) in [6.45, 7) is 2.05. The number of carbonyl (C=O) groups excluding carboxylic acids is 1. The number of aromatic nitrogens is 3. The lowest BCUT2D eigenvalue weighted by atomic mass is 10.1. The van der Waals surface area contributed by atoms with Gasteiger partial charge >= 0.3 is 0 Å². The van der Waals surface area contributed by atoms with Gasteiger partial charge in [0.1, 0.15) is 5.75 Å². The lowest BCUT2D eigenvalue weighted by Gasteiger charge is -2.12. The molecule has 28 heavy (non-hydrogen) atoms. The Morgan fingerprint density at radius 3 is 2.64 bits per heavy atom. The Hall–Kier alpha value is -2.80. The maximum absolute atomic E-state index is 12.1. The van der Waals surface area contributed by atoms with Gasteiger partial charge in [-0.05, 0) is 44.0 Å². The minimum absolute atomic E-state index is 0.0322. The molecule has 2 aromatic carbocycles. The van der Waals surface area contributed by atoms with Gasteiger partial charge in [0.2, 0.25) is 5.91 Å². The number of aryl methyl sites for hydroxylation is 1. The van der Waals surface area contributed by atoms with Gasteiger partial charge < -0.3 is 10.1 Å². The molecule has 1 saturated carbocycles. The van der Waals surface area contributed by atoms with Gasteiger partial charge in [0.15, 0.2) is 11.0 Å². The van der Waals surface area contributed by atoms with Crippen LogP contribution < -0.4 is 10.1 Å². The summed E-state index contributed by atoms with van der Waals surface area (Å²) in [5.41, 5.74) is 2.97. The normalized spacial score (nSPS) is 13.4. The maximum atomic E-state index is 12.1. The first-order valence-corrected chi connectivity index (χ1v) is 10.2. The van der Waals surface area contributed by atoms with Crippen molar-refractivity contribution in [1.29, 1.82) is 0 Å². The third kappa shape index (κ3) is 4.04. The molecule has 0 unspecified atom stereocenters. The summed E-state index contributed by atoms with van der Waals surface area (Å²) in [7, 11) is 1.64. The quantitative estimate of drug-likeness (QED) is 0.620. The van der Waals surface area contributed by atoms with E-state index in [1.165, 1.54) is 17.3 Å². The van der Waals surface area contributed by atoms with Gasteiger partial charge in [-0.2, -0.15) is 0 Å². The minimum atomic E-state index is 0.0322. The third-order valence-electron chi connectivity index (χ3n) is 4.55. The van der Waals surface area contributed by atoms with Crippen LogP contribution in [-0.2, 0) is 4.79 Å². The number of carbonyl (C=O) groups is 1. The molecule has 1 N–H and O–H groups in total. The van der Waals surface area contributed by atoms with Gasteiger partial charge in [-0.1, -0.05) is 41.6 Å². The zero-order chi connectivity index (χ0) is 19.5. The van der Waals surface area contributed by atoms with Crippen molar-refractivity contribution in [1.82, 2.24) is 20.1 Å². The lowest BCUT2D eigenvalue weighted by Crippen LogP contribution is -2.27. The van der Waals surface area contributed by atoms with Crippen LogP contribution in [0.2, 0.25) is 0 Å². The van der Waals surface area contributed by atoms with E-state index in [1.807, 2.05) is 41.0 Å². The van der Waals surface area contributed by atoms with Gasteiger partial charge in [-0.25, -0.2) is 0 Å². The van der Waals surface area contributed by atoms with Crippen molar-refractivity contribution in [2.75, 3.05) is 12.9 Å². The van der Waals surface area contributed by atoms with Crippen LogP contribution in [0.1, 0.15) is 18.4 Å². The molecule has 1 amide bonds. The highest BCUT2D eigenvalue weighted by molar-refractivity contribution is 7.99. The predicted molar refractivity (Wildman–Crippen MR) is 110 cm³/mol. The Kier molecular flexibility index (Phi) is 5.34. The van der Waals surface area contributed by atoms with E-state index in [1.54, 1.807) is 7.11 Å². The van der Waals surface area contributed by atoms with E-state index >= 15 is 0 Å². The van der Waals surface area contributed by atoms with Gasteiger partial charge in [0.25, 0.3) is 0 Å². The first kappa shape index (κ1) is 18.6. The minimum Gasteiger partial charge on any atom is -0.496 e. The molecule has 1 aliphatic carbocycles. The van der Waals surface area contributed by atoms with Crippen molar-refractivity contribution in [3.8, 4) is 22.8 Å². The van der Waals surface area contributed by atoms with Crippen LogP contribution in [0, 0.1) is 6.92 Å². The Morgan fingerprint density at radius 2 is 1.93 bits per heavy atom. The summed E-state index contributed by atoms with van der Waals surface area (Å²) in [6, 6.07) is 16.3. The largest absolute Gasteiger partial charge is 0.496 e. The van der Waals surface area contributed by atoms with Gasteiger partial charge in [-0.3, -0.25) is 9.36 Å². The SMILES string of the molecule is COc1ccccc1-c1nnc(SCC(=O)NC2CC2)n1-c1ccc(C)cc1. The van der Waals surface area contributed by atoms with Crippen molar-refractivity contribution >= 4 is 17.7 Å². The molecule has 3 aromatic rings. The molecule has 6 nitrogen and oxygen atoms in total. The molecule has 7 heteroatoms. The summed E-state index contributed by atoms with van der Waals surface area (Å²) in [5.74, 6) is 1.76. The zero-order valence-electron chi connectivity index (χ0n) is 15.9. The maximum Gasteiger partial charge on any atom is 0.230 e. The van der Waals surface area contributed by atoms with Gasteiger partial charge in [-0.15, -0.1) is 10.2 Å². The van der Waals surface area contributed by atoms with Crippen molar-refractivity contribution in [3.05, 3.63) is 54.1 Å². The van der Waals surface area contributed by atoms with Crippen molar-refractivity contribution < 1.29 is 9.53 Å². The van der Waals surface area contributed by atoms with E-state index in [0.717, 1.165) is 29.8 Å². The fraction of sp³-hybridized carbons (Fsp3) is 0.286. The van der Waals surface area contributed by atoms with E-state index in [4.69, 9.17) is 4.74 Å². The first-order chi connectivity index (χ1) is 13.7. The number of thioether (sulfide) groups is 1. The first-order valence-electron chi connectivity index (χ1n) is 9.23. The molecule has 0 saturated heterocycles. The predicted octanol–water partition coefficient (Wildman–Crippen LogP) is 3.62. The number of nitrogens with zero attached hydrogens (tertiary/aromatic N) is 3. The summed E-state index contributed by atoms with van der Waals surface area (Å²) in [5, 5.41) is 12.5. The monoisotopic (exact) mass is 394 g/mol. The molecule has 1 heterocycles. The number of rotatable bonds is 7. The van der Waals surface area contributed by atoms with Crippen LogP contribution in [-0.4, -0.2) is 39.6 Å². The number of ether oxygens (including phenoxy) is 1. The summed E-state index contributed by atoms with van der Waals surface area (Å²) in [6.07, 6.45) is 2.15. The average Bonchev–Trinajstić information content (AvgIpc) is 3.43. The van der Waals surface area contributed by atoms with E-state index in [2.05, 4.69) is 34.6 Å². The van der Waals surface area contributed by atoms with Crippen LogP contribution in [0.5, 0.6) is 5.75 Å². The molecular weight excluding hydrogens is 372 g/mol. The molecule has 144 valence electrons. The molecule has 1 fully saturated rings. The number of nitrogens with one attached hydrogen (secondary N) is 1. The number of hydrogen-bond donors (Lipinski definition) is 1. The number of hydrogen-bond acceptors (Lipinski definition) is 5. The molecule has 4 rings (SSSR count). The van der Waals surface area contributed by atoms with E-state index < -0.39 is 0 Å². The van der Waals surface area contributed by atoms with Gasteiger partial charge in [0.05, 0.1) is 18.4 Å². The number of para-hydroxylation sites is 1. The molecule has 0 bridgehead atoms. The molecule has 0 aliphatic heterocycles. The molecule has 0 spiro atoms. The summed E-state index contributed by atoms with van der Waals surface area (Å²) < 4.78 is 7.49. The van der Waals surface area contributed by atoms with E-state index in [-0.39, 0.29) is 5.91 Å². The average molecular weight is 395 g/mol. The van der Waals surface area contributed by atoms with Crippen LogP contribution in [0.15, 0.2) is 53.7 Å². The fourth-order valence-corrected chi connectivity index (χ4v) is 3.68. The van der Waals surface area contributed by atoms with Crippen LogP contribution in [0.4, 0.5) is 0 Å². The van der Waals surface area contributed by atoms with E-state index in [9.17, 15) is 4.79 Å². The smallest absolute Gasteiger partial charge is 0.230 e.